The van der Waals surface area contributed by atoms with Gasteiger partial charge < -0.3 is 9.42 Å². The van der Waals surface area contributed by atoms with Crippen LogP contribution in [-0.4, -0.2) is 47.1 Å². The molecule has 0 atom stereocenters. The lowest BCUT2D eigenvalue weighted by Gasteiger charge is -2.23. The van der Waals surface area contributed by atoms with Crippen LogP contribution < -0.4 is 4.90 Å². The van der Waals surface area contributed by atoms with Gasteiger partial charge in [-0.05, 0) is 31.3 Å². The van der Waals surface area contributed by atoms with E-state index in [0.29, 0.717) is 11.7 Å². The Balaban J connectivity index is 1.92. The van der Waals surface area contributed by atoms with Crippen molar-refractivity contribution in [2.24, 2.45) is 0 Å². The Bertz CT molecular complexity index is 846. The van der Waals surface area contributed by atoms with E-state index in [2.05, 4.69) is 44.8 Å². The quantitative estimate of drug-likeness (QED) is 0.574. The van der Waals surface area contributed by atoms with E-state index >= 15 is 0 Å². The molecule has 6 nitrogen and oxygen atoms in total. The standard InChI is InChI=1S/C17H19BrN4O2S/c1-3-21(4-2)9-10-22(16(23)14-7-8-19-24-14)17-20-13-6-5-12(18)11-15(13)25-17/h5-8,11H,3-4,9-10H2,1-2H3. The third kappa shape index (κ3) is 4.08. The number of halogens is 1. The van der Waals surface area contributed by atoms with Crippen molar-refractivity contribution in [3.05, 3.63) is 40.7 Å². The van der Waals surface area contributed by atoms with Gasteiger partial charge in [-0.1, -0.05) is 46.3 Å². The summed E-state index contributed by atoms with van der Waals surface area (Å²) in [5, 5.41) is 4.31. The first-order chi connectivity index (χ1) is 12.1. The Labute approximate surface area is 158 Å². The third-order valence-corrected chi connectivity index (χ3v) is 5.53. The van der Waals surface area contributed by atoms with Crippen LogP contribution in [0.15, 0.2) is 39.5 Å². The van der Waals surface area contributed by atoms with E-state index in [9.17, 15) is 4.79 Å². The molecule has 25 heavy (non-hydrogen) atoms. The fourth-order valence-electron chi connectivity index (χ4n) is 2.53. The van der Waals surface area contributed by atoms with Gasteiger partial charge in [0.1, 0.15) is 0 Å². The van der Waals surface area contributed by atoms with Gasteiger partial charge in [0, 0.05) is 23.6 Å². The van der Waals surface area contributed by atoms with Gasteiger partial charge in [-0.2, -0.15) is 0 Å². The van der Waals surface area contributed by atoms with Gasteiger partial charge in [0.15, 0.2) is 5.13 Å². The van der Waals surface area contributed by atoms with E-state index in [4.69, 9.17) is 4.52 Å². The summed E-state index contributed by atoms with van der Waals surface area (Å²) < 4.78 is 7.09. The molecule has 0 saturated carbocycles. The largest absolute Gasteiger partial charge is 0.351 e. The summed E-state index contributed by atoms with van der Waals surface area (Å²) in [6.07, 6.45) is 1.48. The number of hydrogen-bond acceptors (Lipinski definition) is 6. The smallest absolute Gasteiger partial charge is 0.298 e. The van der Waals surface area contributed by atoms with Crippen molar-refractivity contribution < 1.29 is 9.32 Å². The van der Waals surface area contributed by atoms with Crippen molar-refractivity contribution in [1.82, 2.24) is 15.0 Å². The molecule has 8 heteroatoms. The molecule has 1 aromatic carbocycles. The highest BCUT2D eigenvalue weighted by Crippen LogP contribution is 2.31. The Morgan fingerprint density at radius 1 is 1.24 bits per heavy atom. The average Bonchev–Trinajstić information content (AvgIpc) is 3.27. The molecule has 0 radical (unpaired) electrons. The Morgan fingerprint density at radius 2 is 2.04 bits per heavy atom. The monoisotopic (exact) mass is 422 g/mol. The third-order valence-electron chi connectivity index (χ3n) is 4.00. The number of aromatic nitrogens is 2. The van der Waals surface area contributed by atoms with Crippen LogP contribution in [0.2, 0.25) is 0 Å². The number of fused-ring (bicyclic) bond motifs is 1. The number of benzene rings is 1. The van der Waals surface area contributed by atoms with Crippen LogP contribution in [0, 0.1) is 0 Å². The first-order valence-corrected chi connectivity index (χ1v) is 9.74. The van der Waals surface area contributed by atoms with Crippen LogP contribution in [0.4, 0.5) is 5.13 Å². The first-order valence-electron chi connectivity index (χ1n) is 8.13. The van der Waals surface area contributed by atoms with Gasteiger partial charge in [0.2, 0.25) is 5.76 Å². The fourth-order valence-corrected chi connectivity index (χ4v) is 4.07. The number of thiazole rings is 1. The Morgan fingerprint density at radius 3 is 2.72 bits per heavy atom. The molecule has 0 aliphatic heterocycles. The summed E-state index contributed by atoms with van der Waals surface area (Å²) in [5.74, 6) is 0.00256. The summed E-state index contributed by atoms with van der Waals surface area (Å²) in [6, 6.07) is 7.49. The van der Waals surface area contributed by atoms with E-state index in [0.717, 1.165) is 34.3 Å². The Kier molecular flexibility index (Phi) is 5.82. The van der Waals surface area contributed by atoms with Gasteiger partial charge in [-0.25, -0.2) is 4.98 Å². The summed E-state index contributed by atoms with van der Waals surface area (Å²) in [7, 11) is 0. The fraction of sp³-hybridized carbons (Fsp3) is 0.353. The number of amides is 1. The van der Waals surface area contributed by atoms with Gasteiger partial charge in [-0.15, -0.1) is 0 Å². The molecule has 0 spiro atoms. The van der Waals surface area contributed by atoms with Crippen LogP contribution in [-0.2, 0) is 0 Å². The molecule has 2 aromatic heterocycles. The number of rotatable bonds is 7. The normalized spacial score (nSPS) is 11.4. The van der Waals surface area contributed by atoms with E-state index in [1.54, 1.807) is 11.0 Å². The number of carbonyl (C=O) groups excluding carboxylic acids is 1. The van der Waals surface area contributed by atoms with Crippen LogP contribution in [0.3, 0.4) is 0 Å². The zero-order valence-corrected chi connectivity index (χ0v) is 16.5. The molecule has 132 valence electrons. The Hall–Kier alpha value is -1.77. The van der Waals surface area contributed by atoms with E-state index < -0.39 is 0 Å². The highest BCUT2D eigenvalue weighted by Gasteiger charge is 2.24. The van der Waals surface area contributed by atoms with Gasteiger partial charge in [0.25, 0.3) is 5.91 Å². The molecule has 3 rings (SSSR count). The topological polar surface area (TPSA) is 62.5 Å². The van der Waals surface area contributed by atoms with Crippen molar-refractivity contribution >= 4 is 48.5 Å². The number of nitrogens with zero attached hydrogens (tertiary/aromatic N) is 4. The van der Waals surface area contributed by atoms with Crippen LogP contribution in [0.5, 0.6) is 0 Å². The van der Waals surface area contributed by atoms with Crippen molar-refractivity contribution in [2.45, 2.75) is 13.8 Å². The van der Waals surface area contributed by atoms with Gasteiger partial charge in [-0.3, -0.25) is 9.69 Å². The van der Waals surface area contributed by atoms with Crippen LogP contribution >= 0.6 is 27.3 Å². The second-order valence-electron chi connectivity index (χ2n) is 5.47. The summed E-state index contributed by atoms with van der Waals surface area (Å²) in [4.78, 5) is 21.5. The zero-order valence-electron chi connectivity index (χ0n) is 14.1. The summed E-state index contributed by atoms with van der Waals surface area (Å²) >= 11 is 4.97. The minimum Gasteiger partial charge on any atom is -0.351 e. The SMILES string of the molecule is CCN(CC)CCN(C(=O)c1ccno1)c1nc2ccc(Br)cc2s1. The molecule has 0 aliphatic carbocycles. The highest BCUT2D eigenvalue weighted by atomic mass is 79.9. The summed E-state index contributed by atoms with van der Waals surface area (Å²) in [5.41, 5.74) is 0.876. The highest BCUT2D eigenvalue weighted by molar-refractivity contribution is 9.10. The molecule has 2 heterocycles. The molecule has 3 aromatic rings. The predicted molar refractivity (Wildman–Crippen MR) is 103 cm³/mol. The molecule has 0 saturated heterocycles. The second-order valence-corrected chi connectivity index (χ2v) is 7.39. The molecule has 0 bridgehead atoms. The van der Waals surface area contributed by atoms with E-state index in [1.807, 2.05) is 18.2 Å². The van der Waals surface area contributed by atoms with Gasteiger partial charge >= 0.3 is 0 Å². The lowest BCUT2D eigenvalue weighted by Crippen LogP contribution is -2.38. The first kappa shape index (κ1) is 18.0. The molecular weight excluding hydrogens is 404 g/mol. The number of likely N-dealkylation sites (N-methyl/N-ethyl adjacent to an activating group) is 1. The van der Waals surface area contributed by atoms with E-state index in [1.165, 1.54) is 17.5 Å². The van der Waals surface area contributed by atoms with Crippen LogP contribution in [0.1, 0.15) is 24.4 Å². The lowest BCUT2D eigenvalue weighted by atomic mass is 10.3. The van der Waals surface area contributed by atoms with Crippen molar-refractivity contribution in [3.63, 3.8) is 0 Å². The maximum Gasteiger partial charge on any atom is 0.298 e. The molecule has 1 amide bonds. The van der Waals surface area contributed by atoms with Crippen molar-refractivity contribution in [1.29, 1.82) is 0 Å². The number of anilines is 1. The maximum atomic E-state index is 12.9. The van der Waals surface area contributed by atoms with Crippen molar-refractivity contribution in [2.75, 3.05) is 31.1 Å². The minimum atomic E-state index is -0.220. The number of carbonyl (C=O) groups is 1. The molecule has 0 unspecified atom stereocenters. The molecular formula is C17H19BrN4O2S. The predicted octanol–water partition coefficient (Wildman–Crippen LogP) is 4.04. The van der Waals surface area contributed by atoms with E-state index in [-0.39, 0.29) is 11.7 Å². The van der Waals surface area contributed by atoms with Crippen molar-refractivity contribution in [3.8, 4) is 0 Å². The second kappa shape index (κ2) is 8.07. The zero-order chi connectivity index (χ0) is 17.8. The molecule has 0 N–H and O–H groups in total. The molecule has 0 aliphatic rings. The molecule has 0 fully saturated rings. The van der Waals surface area contributed by atoms with Gasteiger partial charge in [0.05, 0.1) is 16.4 Å². The maximum absolute atomic E-state index is 12.9. The minimum absolute atomic E-state index is 0.220. The number of hydrogen-bond donors (Lipinski definition) is 0. The average molecular weight is 423 g/mol. The van der Waals surface area contributed by atoms with Crippen LogP contribution in [0.25, 0.3) is 10.2 Å². The lowest BCUT2D eigenvalue weighted by molar-refractivity contribution is 0.0948. The summed E-state index contributed by atoms with van der Waals surface area (Å²) in [6.45, 7) is 7.42.